The van der Waals surface area contributed by atoms with Crippen molar-refractivity contribution >= 4 is 17.8 Å². The summed E-state index contributed by atoms with van der Waals surface area (Å²) >= 11 is 0. The lowest BCUT2D eigenvalue weighted by atomic mass is 10.1. The molecule has 2 aromatic carbocycles. The summed E-state index contributed by atoms with van der Waals surface area (Å²) in [5, 5.41) is 6.49. The first kappa shape index (κ1) is 28.3. The number of aromatic nitrogens is 1. The van der Waals surface area contributed by atoms with Gasteiger partial charge in [0.1, 0.15) is 6.26 Å². The van der Waals surface area contributed by atoms with E-state index in [1.54, 1.807) is 25.5 Å². The van der Waals surface area contributed by atoms with Crippen LogP contribution in [0.2, 0.25) is 0 Å². The highest BCUT2D eigenvalue weighted by molar-refractivity contribution is 6.04. The van der Waals surface area contributed by atoms with Gasteiger partial charge in [0.05, 0.1) is 6.20 Å². The largest absolute Gasteiger partial charge is 0.445 e. The van der Waals surface area contributed by atoms with Crippen molar-refractivity contribution in [1.29, 1.82) is 0 Å². The summed E-state index contributed by atoms with van der Waals surface area (Å²) in [6, 6.07) is 15.0. The Morgan fingerprint density at radius 1 is 1.16 bits per heavy atom. The third-order valence-electron chi connectivity index (χ3n) is 3.68. The van der Waals surface area contributed by atoms with E-state index in [1.165, 1.54) is 6.26 Å². The lowest BCUT2D eigenvalue weighted by Crippen LogP contribution is -2.12. The number of hydrogen-bond acceptors (Lipinski definition) is 5. The molecule has 0 atom stereocenters. The van der Waals surface area contributed by atoms with Crippen molar-refractivity contribution in [3.05, 3.63) is 84.8 Å². The Hall–Kier alpha value is -3.67. The minimum atomic E-state index is -0.112. The highest BCUT2D eigenvalue weighted by Crippen LogP contribution is 2.20. The maximum atomic E-state index is 12.3. The molecule has 0 aliphatic rings. The molecule has 0 saturated heterocycles. The van der Waals surface area contributed by atoms with Gasteiger partial charge in [-0.3, -0.25) is 4.79 Å². The van der Waals surface area contributed by atoms with Crippen LogP contribution in [-0.4, -0.2) is 24.2 Å². The van der Waals surface area contributed by atoms with E-state index in [0.717, 1.165) is 23.2 Å². The van der Waals surface area contributed by atoms with Gasteiger partial charge in [0.15, 0.2) is 0 Å². The van der Waals surface area contributed by atoms with E-state index < -0.39 is 0 Å². The summed E-state index contributed by atoms with van der Waals surface area (Å²) in [5.41, 5.74) is 6.00. The molecule has 172 valence electrons. The van der Waals surface area contributed by atoms with Gasteiger partial charge in [-0.05, 0) is 62.2 Å². The first-order valence-electron chi connectivity index (χ1n) is 10.7. The number of allylic oxidation sites excluding steroid dienone is 1. The summed E-state index contributed by atoms with van der Waals surface area (Å²) in [4.78, 5) is 16.3. The fourth-order valence-corrected chi connectivity index (χ4v) is 2.33. The smallest absolute Gasteiger partial charge is 0.255 e. The number of aryl methyl sites for hydroxylation is 1. The molecule has 0 unspecified atom stereocenters. The molecule has 0 aliphatic carbocycles. The second kappa shape index (κ2) is 18.1. The number of carbonyl (C=O) groups excluding carboxylic acids is 1. The molecule has 3 aromatic rings. The van der Waals surface area contributed by atoms with Gasteiger partial charge in [0.25, 0.3) is 5.91 Å². The molecule has 32 heavy (non-hydrogen) atoms. The molecule has 0 radical (unpaired) electrons. The van der Waals surface area contributed by atoms with Crippen molar-refractivity contribution in [2.75, 3.05) is 12.4 Å². The lowest BCUT2D eigenvalue weighted by Gasteiger charge is -2.07. The summed E-state index contributed by atoms with van der Waals surface area (Å²) in [6.07, 6.45) is 7.49. The molecule has 2 N–H and O–H groups in total. The number of rotatable bonds is 5. The topological polar surface area (TPSA) is 79.5 Å². The fraction of sp³-hybridized carbons (Fsp3) is 0.269. The van der Waals surface area contributed by atoms with Gasteiger partial charge in [0.2, 0.25) is 5.89 Å². The van der Waals surface area contributed by atoms with Crippen LogP contribution in [-0.2, 0) is 6.42 Å². The zero-order valence-electron chi connectivity index (χ0n) is 20.1. The quantitative estimate of drug-likeness (QED) is 0.269. The number of nitrogens with one attached hydrogen (secondary N) is 2. The Bertz CT molecular complexity index is 902. The molecular weight excluding hydrogens is 400 g/mol. The minimum Gasteiger partial charge on any atom is -0.445 e. The number of amides is 1. The second-order valence-electron chi connectivity index (χ2n) is 5.94. The molecular formula is C26H36N4O2. The average Bonchev–Trinajstić information content (AvgIpc) is 3.37. The van der Waals surface area contributed by atoms with Gasteiger partial charge in [-0.25, -0.2) is 4.98 Å². The van der Waals surface area contributed by atoms with Crippen molar-refractivity contribution in [3.63, 3.8) is 0 Å². The Morgan fingerprint density at radius 2 is 1.81 bits per heavy atom. The molecule has 6 nitrogen and oxygen atoms in total. The van der Waals surface area contributed by atoms with Crippen LogP contribution in [0, 0.1) is 0 Å². The summed E-state index contributed by atoms with van der Waals surface area (Å²) in [7, 11) is 1.76. The normalized spacial score (nSPS) is 9.19. The lowest BCUT2D eigenvalue weighted by molar-refractivity contribution is 0.102. The fourth-order valence-electron chi connectivity index (χ4n) is 2.33. The molecule has 1 heterocycles. The molecule has 1 amide bonds. The van der Waals surface area contributed by atoms with E-state index in [4.69, 9.17) is 4.42 Å². The van der Waals surface area contributed by atoms with Crippen LogP contribution < -0.4 is 10.7 Å². The number of nitrogens with zero attached hydrogens (tertiary/aromatic N) is 2. The zero-order chi connectivity index (χ0) is 24.2. The number of hydrazone groups is 1. The van der Waals surface area contributed by atoms with Crippen molar-refractivity contribution < 1.29 is 9.21 Å². The molecule has 0 saturated carbocycles. The Labute approximate surface area is 192 Å². The third kappa shape index (κ3) is 10.9. The molecule has 3 rings (SSSR count). The van der Waals surface area contributed by atoms with Crippen molar-refractivity contribution in [3.8, 4) is 11.5 Å². The van der Waals surface area contributed by atoms with E-state index in [0.29, 0.717) is 11.5 Å². The van der Waals surface area contributed by atoms with E-state index in [1.807, 2.05) is 76.2 Å². The van der Waals surface area contributed by atoms with E-state index >= 15 is 0 Å². The van der Waals surface area contributed by atoms with Crippen LogP contribution in [0.3, 0.4) is 0 Å². The van der Waals surface area contributed by atoms with Crippen LogP contribution in [0.5, 0.6) is 0 Å². The van der Waals surface area contributed by atoms with Gasteiger partial charge in [-0.2, -0.15) is 5.10 Å². The Morgan fingerprint density at radius 3 is 2.28 bits per heavy atom. The molecule has 0 spiro atoms. The van der Waals surface area contributed by atoms with E-state index in [9.17, 15) is 4.79 Å². The highest BCUT2D eigenvalue weighted by atomic mass is 16.3. The predicted octanol–water partition coefficient (Wildman–Crippen LogP) is 6.59. The number of carbonyl (C=O) groups is 1. The van der Waals surface area contributed by atoms with Crippen LogP contribution >= 0.6 is 0 Å². The number of benzene rings is 2. The molecule has 0 bridgehead atoms. The monoisotopic (exact) mass is 436 g/mol. The number of anilines is 1. The maximum Gasteiger partial charge on any atom is 0.255 e. The van der Waals surface area contributed by atoms with Crippen LogP contribution in [0.15, 0.2) is 83.2 Å². The third-order valence-corrected chi connectivity index (χ3v) is 3.68. The molecule has 0 fully saturated rings. The summed E-state index contributed by atoms with van der Waals surface area (Å²) in [5.74, 6) is 0.452. The second-order valence-corrected chi connectivity index (χ2v) is 5.94. The van der Waals surface area contributed by atoms with Gasteiger partial charge in [0, 0.05) is 30.1 Å². The van der Waals surface area contributed by atoms with Crippen molar-refractivity contribution in [2.45, 2.75) is 41.0 Å². The standard InChI is InChI=1S/C18H16N2O2.C3H8N2.C3H6.C2H6/c1-2-13-4-3-5-15(12-13)17(21)20-16-8-6-14(7-9-16)18-19-10-11-22-18;1-3-5-4-2;1-3-2;1-2/h3-12H,2H2,1H3,(H,20,21);3-4H,1-2H3;3H,1H2,2H3;1-2H3/b;5-3-;;. The van der Waals surface area contributed by atoms with Crippen LogP contribution in [0.1, 0.15) is 50.5 Å². The number of hydrogen-bond donors (Lipinski definition) is 2. The van der Waals surface area contributed by atoms with Crippen molar-refractivity contribution in [1.82, 2.24) is 10.4 Å². The van der Waals surface area contributed by atoms with Gasteiger partial charge in [-0.15, -0.1) is 6.58 Å². The highest BCUT2D eigenvalue weighted by Gasteiger charge is 2.07. The number of oxazole rings is 1. The first-order valence-corrected chi connectivity index (χ1v) is 10.7. The SMILES string of the molecule is C/C=N\NC.C=CC.CC.CCc1cccc(C(=O)Nc2ccc(-c3ncco3)cc2)c1. The predicted molar refractivity (Wildman–Crippen MR) is 136 cm³/mol. The van der Waals surface area contributed by atoms with Crippen LogP contribution in [0.25, 0.3) is 11.5 Å². The molecule has 6 heteroatoms. The minimum absolute atomic E-state index is 0.112. The van der Waals surface area contributed by atoms with E-state index in [-0.39, 0.29) is 5.91 Å². The van der Waals surface area contributed by atoms with Gasteiger partial charge >= 0.3 is 0 Å². The zero-order valence-corrected chi connectivity index (χ0v) is 20.1. The van der Waals surface area contributed by atoms with Gasteiger partial charge in [-0.1, -0.05) is 39.0 Å². The van der Waals surface area contributed by atoms with Gasteiger partial charge < -0.3 is 15.2 Å². The Kier molecular flexibility index (Phi) is 16.0. The summed E-state index contributed by atoms with van der Waals surface area (Å²) < 4.78 is 5.24. The Balaban J connectivity index is 0.000000822. The molecule has 1 aromatic heterocycles. The van der Waals surface area contributed by atoms with E-state index in [2.05, 4.69) is 34.3 Å². The maximum absolute atomic E-state index is 12.3. The van der Waals surface area contributed by atoms with Crippen molar-refractivity contribution in [2.24, 2.45) is 5.10 Å². The average molecular weight is 437 g/mol. The molecule has 0 aliphatic heterocycles. The summed E-state index contributed by atoms with van der Waals surface area (Å²) in [6.45, 7) is 13.2. The first-order chi connectivity index (χ1) is 15.6. The van der Waals surface area contributed by atoms with Crippen LogP contribution in [0.4, 0.5) is 5.69 Å².